The molecule has 2 amide bonds. The zero-order valence-corrected chi connectivity index (χ0v) is 15.0. The number of hydrogen-bond acceptors (Lipinski definition) is 4. The largest absolute Gasteiger partial charge is 0.450 e. The van der Waals surface area contributed by atoms with Gasteiger partial charge in [0.05, 0.1) is 28.9 Å². The van der Waals surface area contributed by atoms with Crippen molar-refractivity contribution in [3.05, 3.63) is 28.2 Å². The lowest BCUT2D eigenvalue weighted by molar-refractivity contribution is -0.115. The summed E-state index contributed by atoms with van der Waals surface area (Å²) in [5.74, 6) is -0.210. The van der Waals surface area contributed by atoms with E-state index in [2.05, 4.69) is 10.6 Å². The molecule has 1 saturated heterocycles. The molecule has 24 heavy (non-hydrogen) atoms. The van der Waals surface area contributed by atoms with Gasteiger partial charge in [-0.25, -0.2) is 4.79 Å². The second kappa shape index (κ2) is 9.11. The first-order valence-electron chi connectivity index (χ1n) is 7.90. The SMILES string of the molecule is CCOC(=O)N1CCC(NCC(=O)Nc2c(Cl)cccc2Cl)CC1. The standard InChI is InChI=1S/C16H21Cl2N3O3/c1-2-24-16(23)21-8-6-11(7-9-21)19-10-14(22)20-15-12(17)4-3-5-13(15)18/h3-5,11,19H,2,6-10H2,1H3,(H,20,22). The Morgan fingerprint density at radius 3 is 2.46 bits per heavy atom. The fourth-order valence-corrected chi connectivity index (χ4v) is 3.01. The van der Waals surface area contributed by atoms with E-state index in [9.17, 15) is 9.59 Å². The summed E-state index contributed by atoms with van der Waals surface area (Å²) in [7, 11) is 0. The average molecular weight is 374 g/mol. The lowest BCUT2D eigenvalue weighted by atomic mass is 10.1. The predicted octanol–water partition coefficient (Wildman–Crippen LogP) is 3.14. The van der Waals surface area contributed by atoms with Crippen LogP contribution in [0.15, 0.2) is 18.2 Å². The van der Waals surface area contributed by atoms with Crippen LogP contribution < -0.4 is 10.6 Å². The third-order valence-corrected chi connectivity index (χ3v) is 4.43. The van der Waals surface area contributed by atoms with E-state index < -0.39 is 0 Å². The summed E-state index contributed by atoms with van der Waals surface area (Å²) in [6.07, 6.45) is 1.28. The van der Waals surface area contributed by atoms with Crippen molar-refractivity contribution >= 4 is 40.9 Å². The Labute approximate surface area is 151 Å². The van der Waals surface area contributed by atoms with Crippen LogP contribution in [0.25, 0.3) is 0 Å². The molecule has 6 nitrogen and oxygen atoms in total. The third kappa shape index (κ3) is 5.26. The molecule has 1 aliphatic heterocycles. The van der Waals surface area contributed by atoms with Crippen LogP contribution in [-0.4, -0.2) is 49.2 Å². The summed E-state index contributed by atoms with van der Waals surface area (Å²) in [5, 5.41) is 6.71. The molecule has 0 radical (unpaired) electrons. The number of rotatable bonds is 5. The number of likely N-dealkylation sites (tertiary alicyclic amines) is 1. The summed E-state index contributed by atoms with van der Waals surface area (Å²) in [6.45, 7) is 3.56. The first kappa shape index (κ1) is 18.8. The molecular formula is C16H21Cl2N3O3. The van der Waals surface area contributed by atoms with Crippen LogP contribution in [0.2, 0.25) is 10.0 Å². The summed E-state index contributed by atoms with van der Waals surface area (Å²) in [4.78, 5) is 25.4. The number of nitrogens with zero attached hydrogens (tertiary/aromatic N) is 1. The average Bonchev–Trinajstić information content (AvgIpc) is 2.57. The number of carbonyl (C=O) groups excluding carboxylic acids is 2. The Morgan fingerprint density at radius 1 is 1.25 bits per heavy atom. The molecule has 0 atom stereocenters. The summed E-state index contributed by atoms with van der Waals surface area (Å²) < 4.78 is 4.98. The Bertz CT molecular complexity index is 570. The van der Waals surface area contributed by atoms with Gasteiger partial charge in [0, 0.05) is 19.1 Å². The second-order valence-corrected chi connectivity index (χ2v) is 6.30. The number of hydrogen-bond donors (Lipinski definition) is 2. The number of halogens is 2. The molecule has 8 heteroatoms. The summed E-state index contributed by atoms with van der Waals surface area (Å²) in [6, 6.07) is 5.24. The Kier molecular flexibility index (Phi) is 7.15. The first-order valence-corrected chi connectivity index (χ1v) is 8.65. The van der Waals surface area contributed by atoms with Crippen LogP contribution in [0.3, 0.4) is 0 Å². The number of anilines is 1. The van der Waals surface area contributed by atoms with Gasteiger partial charge in [-0.2, -0.15) is 0 Å². The maximum atomic E-state index is 12.0. The zero-order valence-electron chi connectivity index (χ0n) is 13.5. The molecule has 0 aromatic heterocycles. The van der Waals surface area contributed by atoms with E-state index >= 15 is 0 Å². The van der Waals surface area contributed by atoms with Gasteiger partial charge in [0.25, 0.3) is 0 Å². The van der Waals surface area contributed by atoms with Crippen molar-refractivity contribution in [1.82, 2.24) is 10.2 Å². The predicted molar refractivity (Wildman–Crippen MR) is 94.7 cm³/mol. The van der Waals surface area contributed by atoms with E-state index in [1.807, 2.05) is 0 Å². The van der Waals surface area contributed by atoms with Gasteiger partial charge >= 0.3 is 6.09 Å². The second-order valence-electron chi connectivity index (χ2n) is 5.49. The minimum atomic E-state index is -0.276. The third-order valence-electron chi connectivity index (χ3n) is 3.80. The number of para-hydroxylation sites is 1. The molecule has 132 valence electrons. The topological polar surface area (TPSA) is 70.7 Å². The minimum absolute atomic E-state index is 0.158. The van der Waals surface area contributed by atoms with E-state index in [4.69, 9.17) is 27.9 Å². The Morgan fingerprint density at radius 2 is 1.88 bits per heavy atom. The van der Waals surface area contributed by atoms with Crippen molar-refractivity contribution in [3.63, 3.8) is 0 Å². The minimum Gasteiger partial charge on any atom is -0.450 e. The molecule has 1 aliphatic rings. The zero-order chi connectivity index (χ0) is 17.5. The number of nitrogens with one attached hydrogen (secondary N) is 2. The molecule has 0 spiro atoms. The molecule has 1 aromatic carbocycles. The summed E-state index contributed by atoms with van der Waals surface area (Å²) in [5.41, 5.74) is 0.421. The highest BCUT2D eigenvalue weighted by Crippen LogP contribution is 2.29. The van der Waals surface area contributed by atoms with E-state index in [0.717, 1.165) is 12.8 Å². The fraction of sp³-hybridized carbons (Fsp3) is 0.500. The van der Waals surface area contributed by atoms with Crippen LogP contribution in [0.5, 0.6) is 0 Å². The van der Waals surface area contributed by atoms with Crippen molar-refractivity contribution < 1.29 is 14.3 Å². The molecule has 2 rings (SSSR count). The maximum absolute atomic E-state index is 12.0. The highest BCUT2D eigenvalue weighted by Gasteiger charge is 2.23. The summed E-state index contributed by atoms with van der Waals surface area (Å²) >= 11 is 12.0. The van der Waals surface area contributed by atoms with Crippen LogP contribution in [0.1, 0.15) is 19.8 Å². The molecule has 0 unspecified atom stereocenters. The normalized spacial score (nSPS) is 15.2. The van der Waals surface area contributed by atoms with Crippen LogP contribution >= 0.6 is 23.2 Å². The van der Waals surface area contributed by atoms with E-state index in [1.54, 1.807) is 30.0 Å². The van der Waals surface area contributed by atoms with Gasteiger partial charge in [-0.3, -0.25) is 4.79 Å². The molecule has 1 aromatic rings. The van der Waals surface area contributed by atoms with Gasteiger partial charge in [-0.15, -0.1) is 0 Å². The molecule has 0 saturated carbocycles. The van der Waals surface area contributed by atoms with Crippen LogP contribution in [0.4, 0.5) is 10.5 Å². The van der Waals surface area contributed by atoms with Crippen molar-refractivity contribution in [1.29, 1.82) is 0 Å². The van der Waals surface area contributed by atoms with Gasteiger partial charge < -0.3 is 20.3 Å². The van der Waals surface area contributed by atoms with Gasteiger partial charge in [0.2, 0.25) is 5.91 Å². The van der Waals surface area contributed by atoms with Crippen molar-refractivity contribution in [2.45, 2.75) is 25.8 Å². The maximum Gasteiger partial charge on any atom is 0.409 e. The Hall–Kier alpha value is -1.50. The fourth-order valence-electron chi connectivity index (χ4n) is 2.52. The first-order chi connectivity index (χ1) is 11.5. The van der Waals surface area contributed by atoms with Gasteiger partial charge in [0.1, 0.15) is 0 Å². The van der Waals surface area contributed by atoms with E-state index in [0.29, 0.717) is 35.4 Å². The number of carbonyl (C=O) groups is 2. The lowest BCUT2D eigenvalue weighted by Crippen LogP contribution is -2.46. The van der Waals surface area contributed by atoms with E-state index in [1.165, 1.54) is 0 Å². The van der Waals surface area contributed by atoms with Crippen LogP contribution in [0, 0.1) is 0 Å². The molecule has 0 bridgehead atoms. The monoisotopic (exact) mass is 373 g/mol. The Balaban J connectivity index is 1.74. The van der Waals surface area contributed by atoms with Crippen molar-refractivity contribution in [2.24, 2.45) is 0 Å². The highest BCUT2D eigenvalue weighted by atomic mass is 35.5. The van der Waals surface area contributed by atoms with Gasteiger partial charge in [0.15, 0.2) is 0 Å². The highest BCUT2D eigenvalue weighted by molar-refractivity contribution is 6.39. The molecule has 1 heterocycles. The van der Waals surface area contributed by atoms with Gasteiger partial charge in [-0.05, 0) is 31.9 Å². The number of amides is 2. The van der Waals surface area contributed by atoms with Crippen molar-refractivity contribution in [3.8, 4) is 0 Å². The molecular weight excluding hydrogens is 353 g/mol. The number of piperidine rings is 1. The van der Waals surface area contributed by atoms with Gasteiger partial charge in [-0.1, -0.05) is 29.3 Å². The number of ether oxygens (including phenoxy) is 1. The van der Waals surface area contributed by atoms with Crippen molar-refractivity contribution in [2.75, 3.05) is 31.6 Å². The quantitative estimate of drug-likeness (QED) is 0.831. The number of benzene rings is 1. The smallest absolute Gasteiger partial charge is 0.409 e. The lowest BCUT2D eigenvalue weighted by Gasteiger charge is -2.31. The van der Waals surface area contributed by atoms with E-state index in [-0.39, 0.29) is 24.6 Å². The van der Waals surface area contributed by atoms with Crippen LogP contribution in [-0.2, 0) is 9.53 Å². The molecule has 2 N–H and O–H groups in total. The molecule has 1 fully saturated rings. The molecule has 0 aliphatic carbocycles.